The van der Waals surface area contributed by atoms with Crippen molar-refractivity contribution in [2.75, 3.05) is 13.1 Å². The van der Waals surface area contributed by atoms with Crippen molar-refractivity contribution in [1.29, 1.82) is 0 Å². The number of nitrogens with zero attached hydrogens (tertiary/aromatic N) is 1. The minimum Gasteiger partial charge on any atom is -0.389 e. The third kappa shape index (κ3) is 3.57. The number of carbonyl (C=O) groups is 1. The Balaban J connectivity index is 2.01. The van der Waals surface area contributed by atoms with Crippen molar-refractivity contribution in [1.82, 2.24) is 4.90 Å². The Morgan fingerprint density at radius 3 is 2.75 bits per heavy atom. The fourth-order valence-electron chi connectivity index (χ4n) is 2.62. The Morgan fingerprint density at radius 1 is 1.50 bits per heavy atom. The van der Waals surface area contributed by atoms with Gasteiger partial charge < -0.3 is 10.0 Å². The molecule has 0 spiro atoms. The van der Waals surface area contributed by atoms with Crippen LogP contribution in [0, 0.1) is 11.7 Å². The summed E-state index contributed by atoms with van der Waals surface area (Å²) in [5.41, 5.74) is -0.00258. The fraction of sp³-hybridized carbons (Fsp3) is 0.562. The lowest BCUT2D eigenvalue weighted by atomic mass is 10.1. The van der Waals surface area contributed by atoms with Crippen molar-refractivity contribution in [3.63, 3.8) is 0 Å². The number of hydrogen-bond acceptors (Lipinski definition) is 2. The Morgan fingerprint density at radius 2 is 2.20 bits per heavy atom. The Labute approximate surface area is 119 Å². The minimum absolute atomic E-state index is 0.0592. The van der Waals surface area contributed by atoms with Crippen LogP contribution in [-0.2, 0) is 4.79 Å². The summed E-state index contributed by atoms with van der Waals surface area (Å²) in [6.07, 6.45) is 0.768. The summed E-state index contributed by atoms with van der Waals surface area (Å²) >= 11 is 0. The zero-order chi connectivity index (χ0) is 14.9. The molecule has 3 nitrogen and oxygen atoms in total. The third-order valence-corrected chi connectivity index (χ3v) is 3.66. The third-order valence-electron chi connectivity index (χ3n) is 3.66. The number of likely N-dealkylation sites (N-methyl/N-ethyl adjacent to an activating group) is 1. The molecule has 0 radical (unpaired) electrons. The summed E-state index contributed by atoms with van der Waals surface area (Å²) in [5, 5.41) is 9.85. The highest BCUT2D eigenvalue weighted by atomic mass is 19.1. The minimum atomic E-state index is -0.894. The van der Waals surface area contributed by atoms with Crippen LogP contribution < -0.4 is 0 Å². The van der Waals surface area contributed by atoms with Crippen molar-refractivity contribution < 1.29 is 14.3 Å². The molecule has 0 heterocycles. The van der Waals surface area contributed by atoms with E-state index in [1.807, 2.05) is 13.0 Å². The molecule has 1 aromatic rings. The van der Waals surface area contributed by atoms with E-state index in [1.165, 1.54) is 12.1 Å². The number of carbonyl (C=O) groups excluding carboxylic acids is 1. The van der Waals surface area contributed by atoms with Crippen molar-refractivity contribution in [3.05, 3.63) is 35.6 Å². The largest absolute Gasteiger partial charge is 0.389 e. The molecule has 1 fully saturated rings. The van der Waals surface area contributed by atoms with Crippen molar-refractivity contribution in [2.24, 2.45) is 5.92 Å². The lowest BCUT2D eigenvalue weighted by Gasteiger charge is -2.28. The lowest BCUT2D eigenvalue weighted by Crippen LogP contribution is -2.42. The molecule has 1 aliphatic rings. The van der Waals surface area contributed by atoms with Gasteiger partial charge in [-0.3, -0.25) is 4.79 Å². The first-order chi connectivity index (χ1) is 9.31. The highest BCUT2D eigenvalue weighted by Gasteiger charge is 2.46. The Hall–Kier alpha value is -1.42. The van der Waals surface area contributed by atoms with Crippen LogP contribution in [0.2, 0.25) is 0 Å². The first kappa shape index (κ1) is 15.0. The van der Waals surface area contributed by atoms with Gasteiger partial charge in [0.2, 0.25) is 5.91 Å². The molecule has 20 heavy (non-hydrogen) atoms. The molecule has 0 aliphatic heterocycles. The molecule has 1 saturated carbocycles. The van der Waals surface area contributed by atoms with Crippen molar-refractivity contribution in [2.45, 2.75) is 38.7 Å². The van der Waals surface area contributed by atoms with Gasteiger partial charge >= 0.3 is 0 Å². The monoisotopic (exact) mass is 279 g/mol. The van der Waals surface area contributed by atoms with Gasteiger partial charge in [-0.15, -0.1) is 0 Å². The average Bonchev–Trinajstić information content (AvgIpc) is 3.14. The van der Waals surface area contributed by atoms with Gasteiger partial charge in [0.25, 0.3) is 0 Å². The molecule has 2 unspecified atom stereocenters. The molecule has 2 rings (SSSR count). The molecular formula is C16H22FNO2. The van der Waals surface area contributed by atoms with E-state index >= 15 is 0 Å². The predicted octanol–water partition coefficient (Wildman–Crippen LogP) is 2.55. The number of benzene rings is 1. The summed E-state index contributed by atoms with van der Waals surface area (Å²) in [4.78, 5) is 14.1. The summed E-state index contributed by atoms with van der Waals surface area (Å²) in [6.45, 7) is 6.20. The molecule has 0 bridgehead atoms. The summed E-state index contributed by atoms with van der Waals surface area (Å²) in [6, 6.07) is 6.46. The van der Waals surface area contributed by atoms with Gasteiger partial charge in [0, 0.05) is 19.0 Å². The molecule has 1 aromatic carbocycles. The van der Waals surface area contributed by atoms with Gasteiger partial charge in [-0.25, -0.2) is 4.39 Å². The lowest BCUT2D eigenvalue weighted by molar-refractivity contribution is -0.135. The van der Waals surface area contributed by atoms with Crippen LogP contribution in [0.1, 0.15) is 38.7 Å². The van der Waals surface area contributed by atoms with Crippen LogP contribution >= 0.6 is 0 Å². The Bertz CT molecular complexity index is 495. The fourth-order valence-corrected chi connectivity index (χ4v) is 2.62. The van der Waals surface area contributed by atoms with Crippen LogP contribution in [0.4, 0.5) is 4.39 Å². The van der Waals surface area contributed by atoms with Crippen LogP contribution in [0.5, 0.6) is 0 Å². The number of rotatable bonds is 5. The number of halogens is 1. The second-order valence-electron chi connectivity index (χ2n) is 6.17. The van der Waals surface area contributed by atoms with E-state index in [4.69, 9.17) is 0 Å². The standard InChI is InChI=1S/C16H22FNO2/c1-4-18(10-16(2,3)20)15(19)14-9-13(14)11-6-5-7-12(17)8-11/h5-8,13-14,20H,4,9-10H2,1-3H3. The van der Waals surface area contributed by atoms with Gasteiger partial charge in [-0.2, -0.15) is 0 Å². The van der Waals surface area contributed by atoms with Crippen LogP contribution in [0.3, 0.4) is 0 Å². The molecule has 0 saturated heterocycles. The zero-order valence-corrected chi connectivity index (χ0v) is 12.3. The molecule has 1 aliphatic carbocycles. The topological polar surface area (TPSA) is 40.5 Å². The Kier molecular flexibility index (Phi) is 4.14. The van der Waals surface area contributed by atoms with E-state index in [1.54, 1.807) is 24.8 Å². The maximum Gasteiger partial charge on any atom is 0.226 e. The predicted molar refractivity (Wildman–Crippen MR) is 75.8 cm³/mol. The molecule has 1 amide bonds. The van der Waals surface area contributed by atoms with Gasteiger partial charge in [0.15, 0.2) is 0 Å². The summed E-state index contributed by atoms with van der Waals surface area (Å²) in [5.74, 6) is -0.151. The second-order valence-corrected chi connectivity index (χ2v) is 6.17. The average molecular weight is 279 g/mol. The van der Waals surface area contributed by atoms with E-state index in [2.05, 4.69) is 0 Å². The SMILES string of the molecule is CCN(CC(C)(C)O)C(=O)C1CC1c1cccc(F)c1. The summed E-state index contributed by atoms with van der Waals surface area (Å²) in [7, 11) is 0. The van der Waals surface area contributed by atoms with E-state index in [-0.39, 0.29) is 23.6 Å². The normalized spacial score (nSPS) is 21.6. The highest BCUT2D eigenvalue weighted by molar-refractivity contribution is 5.83. The maximum atomic E-state index is 13.2. The number of hydrogen-bond donors (Lipinski definition) is 1. The van der Waals surface area contributed by atoms with E-state index in [9.17, 15) is 14.3 Å². The molecule has 2 atom stereocenters. The second kappa shape index (κ2) is 5.52. The first-order valence-electron chi connectivity index (χ1n) is 7.08. The van der Waals surface area contributed by atoms with E-state index in [0.717, 1.165) is 12.0 Å². The van der Waals surface area contributed by atoms with Crippen LogP contribution in [0.25, 0.3) is 0 Å². The first-order valence-corrected chi connectivity index (χ1v) is 7.08. The van der Waals surface area contributed by atoms with E-state index in [0.29, 0.717) is 13.1 Å². The zero-order valence-electron chi connectivity index (χ0n) is 12.3. The van der Waals surface area contributed by atoms with Gasteiger partial charge in [-0.05, 0) is 50.8 Å². The molecule has 1 N–H and O–H groups in total. The van der Waals surface area contributed by atoms with Gasteiger partial charge in [0.1, 0.15) is 5.82 Å². The van der Waals surface area contributed by atoms with Gasteiger partial charge in [0.05, 0.1) is 5.60 Å². The number of aliphatic hydroxyl groups is 1. The molecular weight excluding hydrogens is 257 g/mol. The summed E-state index contributed by atoms with van der Waals surface area (Å²) < 4.78 is 13.2. The maximum absolute atomic E-state index is 13.2. The molecule has 0 aromatic heterocycles. The van der Waals surface area contributed by atoms with Crippen molar-refractivity contribution in [3.8, 4) is 0 Å². The van der Waals surface area contributed by atoms with Crippen molar-refractivity contribution >= 4 is 5.91 Å². The molecule has 110 valence electrons. The number of amides is 1. The smallest absolute Gasteiger partial charge is 0.226 e. The van der Waals surface area contributed by atoms with Crippen LogP contribution in [-0.4, -0.2) is 34.6 Å². The molecule has 4 heteroatoms. The highest BCUT2D eigenvalue weighted by Crippen LogP contribution is 2.48. The van der Waals surface area contributed by atoms with Crippen LogP contribution in [0.15, 0.2) is 24.3 Å². The van der Waals surface area contributed by atoms with E-state index < -0.39 is 5.60 Å². The quantitative estimate of drug-likeness (QED) is 0.900. The van der Waals surface area contributed by atoms with Gasteiger partial charge in [-0.1, -0.05) is 12.1 Å².